The highest BCUT2D eigenvalue weighted by Crippen LogP contribution is 2.39. The minimum Gasteiger partial charge on any atom is -0.363 e. The monoisotopic (exact) mass is 286 g/mol. The summed E-state index contributed by atoms with van der Waals surface area (Å²) in [5.41, 5.74) is 1.00. The molecule has 0 N–H and O–H groups in total. The Hall–Kier alpha value is -1.45. The van der Waals surface area contributed by atoms with Crippen molar-refractivity contribution in [3.8, 4) is 0 Å². The summed E-state index contributed by atoms with van der Waals surface area (Å²) in [5, 5.41) is 0. The summed E-state index contributed by atoms with van der Waals surface area (Å²) in [5.74, 6) is 0.145. The first-order valence-corrected chi connectivity index (χ1v) is 7.52. The van der Waals surface area contributed by atoms with Crippen LogP contribution in [0.15, 0.2) is 42.5 Å². The van der Waals surface area contributed by atoms with Crippen LogP contribution in [0.5, 0.6) is 0 Å². The van der Waals surface area contributed by atoms with Crippen LogP contribution in [0, 0.1) is 5.41 Å². The first-order chi connectivity index (χ1) is 9.95. The van der Waals surface area contributed by atoms with Crippen molar-refractivity contribution in [3.63, 3.8) is 0 Å². The van der Waals surface area contributed by atoms with Crippen LogP contribution in [0.2, 0.25) is 0 Å². The van der Waals surface area contributed by atoms with E-state index in [2.05, 4.69) is 32.9 Å². The minimum absolute atomic E-state index is 0.0489. The Bertz CT molecular complexity index is 541. The number of ketones is 1. The van der Waals surface area contributed by atoms with Crippen molar-refractivity contribution in [2.45, 2.75) is 51.6 Å². The Morgan fingerprint density at radius 3 is 2.57 bits per heavy atom. The third kappa shape index (κ3) is 2.94. The number of carbonyl (C=O) groups is 1. The largest absolute Gasteiger partial charge is 0.363 e. The van der Waals surface area contributed by atoms with Crippen LogP contribution in [0.3, 0.4) is 0 Å². The highest BCUT2D eigenvalue weighted by Gasteiger charge is 2.42. The molecular formula is C18H22O3. The van der Waals surface area contributed by atoms with Gasteiger partial charge < -0.3 is 9.47 Å². The second kappa shape index (κ2) is 5.39. The summed E-state index contributed by atoms with van der Waals surface area (Å²) in [6.45, 7) is 6.39. The number of benzene rings is 1. The lowest BCUT2D eigenvalue weighted by Crippen LogP contribution is -2.44. The molecule has 3 nitrogen and oxygen atoms in total. The van der Waals surface area contributed by atoms with E-state index >= 15 is 0 Å². The van der Waals surface area contributed by atoms with E-state index < -0.39 is 6.10 Å². The van der Waals surface area contributed by atoms with Gasteiger partial charge in [0, 0.05) is 6.42 Å². The smallest absolute Gasteiger partial charge is 0.167 e. The topological polar surface area (TPSA) is 35.5 Å². The van der Waals surface area contributed by atoms with E-state index in [1.807, 2.05) is 30.4 Å². The number of hydrogen-bond donors (Lipinski definition) is 0. The molecule has 0 amide bonds. The minimum atomic E-state index is -0.496. The SMILES string of the molecule is CC(C)(C)C(O[C@H]1C(=O)C[C@@H]2C=C[C@@H]1O2)c1ccccc1. The zero-order chi connectivity index (χ0) is 15.0. The van der Waals surface area contributed by atoms with Crippen molar-refractivity contribution in [2.24, 2.45) is 5.41 Å². The van der Waals surface area contributed by atoms with Crippen LogP contribution in [-0.4, -0.2) is 24.1 Å². The predicted molar refractivity (Wildman–Crippen MR) is 80.9 cm³/mol. The number of carbonyl (C=O) groups excluding carboxylic acids is 1. The summed E-state index contributed by atoms with van der Waals surface area (Å²) in [6, 6.07) is 10.1. The van der Waals surface area contributed by atoms with Gasteiger partial charge in [0.2, 0.25) is 0 Å². The van der Waals surface area contributed by atoms with Gasteiger partial charge in [-0.2, -0.15) is 0 Å². The van der Waals surface area contributed by atoms with E-state index in [1.165, 1.54) is 0 Å². The first-order valence-electron chi connectivity index (χ1n) is 7.52. The molecule has 0 aliphatic carbocycles. The molecule has 1 saturated heterocycles. The fourth-order valence-corrected chi connectivity index (χ4v) is 3.02. The summed E-state index contributed by atoms with van der Waals surface area (Å²) in [4.78, 5) is 12.3. The molecule has 0 radical (unpaired) electrons. The summed E-state index contributed by atoms with van der Waals surface area (Å²) in [6.07, 6.45) is 3.44. The van der Waals surface area contributed by atoms with E-state index in [4.69, 9.17) is 9.47 Å². The molecule has 3 heteroatoms. The number of Topliss-reactive ketones (excluding diaryl/α,β-unsaturated/α-hetero) is 1. The van der Waals surface area contributed by atoms with Crippen molar-refractivity contribution in [1.29, 1.82) is 0 Å². The highest BCUT2D eigenvalue weighted by atomic mass is 16.6. The van der Waals surface area contributed by atoms with E-state index in [0.29, 0.717) is 6.42 Å². The molecule has 1 aromatic carbocycles. The molecule has 2 bridgehead atoms. The van der Waals surface area contributed by atoms with Gasteiger partial charge in [-0.15, -0.1) is 0 Å². The lowest BCUT2D eigenvalue weighted by molar-refractivity contribution is -0.168. The molecule has 1 aromatic rings. The number of ether oxygens (including phenoxy) is 2. The van der Waals surface area contributed by atoms with Gasteiger partial charge in [-0.1, -0.05) is 63.3 Å². The van der Waals surface area contributed by atoms with Crippen molar-refractivity contribution < 1.29 is 14.3 Å². The van der Waals surface area contributed by atoms with Gasteiger partial charge in [0.1, 0.15) is 12.2 Å². The molecule has 0 spiro atoms. The molecule has 1 unspecified atom stereocenters. The van der Waals surface area contributed by atoms with Gasteiger partial charge in [0.05, 0.1) is 12.2 Å². The zero-order valence-corrected chi connectivity index (χ0v) is 12.8. The molecule has 0 aromatic heterocycles. The average Bonchev–Trinajstić information content (AvgIpc) is 2.81. The number of fused-ring (bicyclic) bond motifs is 2. The number of rotatable bonds is 3. The molecule has 2 aliphatic rings. The zero-order valence-electron chi connectivity index (χ0n) is 12.8. The molecule has 21 heavy (non-hydrogen) atoms. The molecule has 1 fully saturated rings. The van der Waals surface area contributed by atoms with Gasteiger partial charge in [-0.05, 0) is 11.0 Å². The van der Waals surface area contributed by atoms with Crippen LogP contribution in [0.25, 0.3) is 0 Å². The fourth-order valence-electron chi connectivity index (χ4n) is 3.02. The third-order valence-electron chi connectivity index (χ3n) is 4.04. The van der Waals surface area contributed by atoms with Crippen molar-refractivity contribution >= 4 is 5.78 Å². The average molecular weight is 286 g/mol. The predicted octanol–water partition coefficient (Wildman–Crippen LogP) is 3.46. The lowest BCUT2D eigenvalue weighted by atomic mass is 9.84. The Morgan fingerprint density at radius 1 is 1.19 bits per heavy atom. The maximum absolute atomic E-state index is 12.3. The van der Waals surface area contributed by atoms with Crippen LogP contribution in [-0.2, 0) is 14.3 Å². The lowest BCUT2D eigenvalue weighted by Gasteiger charge is -2.37. The normalized spacial score (nSPS) is 29.7. The van der Waals surface area contributed by atoms with Gasteiger partial charge in [0.15, 0.2) is 5.78 Å². The van der Waals surface area contributed by atoms with Gasteiger partial charge in [0.25, 0.3) is 0 Å². The standard InChI is InChI=1S/C18H22O3/c1-18(2,3)17(12-7-5-4-6-8-12)21-16-14(19)11-13-9-10-15(16)20-13/h4-10,13,15-17H,11H2,1-3H3/t13-,15-,16-,17?/m0/s1. The Kier molecular flexibility index (Phi) is 3.72. The molecule has 0 saturated carbocycles. The highest BCUT2D eigenvalue weighted by molar-refractivity contribution is 5.86. The quantitative estimate of drug-likeness (QED) is 0.798. The molecule has 2 aliphatic heterocycles. The van der Waals surface area contributed by atoms with Crippen LogP contribution in [0.1, 0.15) is 38.9 Å². The molecule has 2 heterocycles. The van der Waals surface area contributed by atoms with Gasteiger partial charge in [-0.3, -0.25) is 4.79 Å². The summed E-state index contributed by atoms with van der Waals surface area (Å²) in [7, 11) is 0. The van der Waals surface area contributed by atoms with Crippen molar-refractivity contribution in [3.05, 3.63) is 48.0 Å². The van der Waals surface area contributed by atoms with Crippen molar-refractivity contribution in [2.75, 3.05) is 0 Å². The van der Waals surface area contributed by atoms with Crippen LogP contribution < -0.4 is 0 Å². The van der Waals surface area contributed by atoms with E-state index in [0.717, 1.165) is 5.56 Å². The second-order valence-electron chi connectivity index (χ2n) is 6.91. The maximum Gasteiger partial charge on any atom is 0.167 e. The van der Waals surface area contributed by atoms with Crippen LogP contribution >= 0.6 is 0 Å². The van der Waals surface area contributed by atoms with E-state index in [9.17, 15) is 4.79 Å². The maximum atomic E-state index is 12.3. The van der Waals surface area contributed by atoms with Gasteiger partial charge in [-0.25, -0.2) is 0 Å². The molecular weight excluding hydrogens is 264 g/mol. The van der Waals surface area contributed by atoms with Gasteiger partial charge >= 0.3 is 0 Å². The fraction of sp³-hybridized carbons (Fsp3) is 0.500. The van der Waals surface area contributed by atoms with E-state index in [1.54, 1.807) is 0 Å². The Morgan fingerprint density at radius 2 is 1.90 bits per heavy atom. The Labute approximate surface area is 125 Å². The first kappa shape index (κ1) is 14.5. The summed E-state index contributed by atoms with van der Waals surface area (Å²) >= 11 is 0. The summed E-state index contributed by atoms with van der Waals surface area (Å²) < 4.78 is 12.0. The molecule has 3 rings (SSSR count). The third-order valence-corrected chi connectivity index (χ3v) is 4.04. The van der Waals surface area contributed by atoms with E-state index in [-0.39, 0.29) is 29.5 Å². The second-order valence-corrected chi connectivity index (χ2v) is 6.91. The Balaban J connectivity index is 1.85. The molecule has 112 valence electrons. The molecule has 4 atom stereocenters. The number of hydrogen-bond acceptors (Lipinski definition) is 3. The van der Waals surface area contributed by atoms with Crippen molar-refractivity contribution in [1.82, 2.24) is 0 Å². The van der Waals surface area contributed by atoms with Crippen LogP contribution in [0.4, 0.5) is 0 Å².